The van der Waals surface area contributed by atoms with Crippen molar-refractivity contribution in [3.8, 4) is 17.1 Å². The fraction of sp³-hybridized carbons (Fsp3) is 0.471. The Kier molecular flexibility index (Phi) is 4.16. The minimum Gasteiger partial charge on any atom is -0.477 e. The van der Waals surface area contributed by atoms with Gasteiger partial charge in [-0.25, -0.2) is 9.07 Å². The fourth-order valence-electron chi connectivity index (χ4n) is 2.94. The van der Waals surface area contributed by atoms with Gasteiger partial charge in [0.2, 0.25) is 5.88 Å². The van der Waals surface area contributed by atoms with E-state index in [0.717, 1.165) is 18.0 Å². The minimum atomic E-state index is -0.256. The van der Waals surface area contributed by atoms with Crippen LogP contribution in [0.3, 0.4) is 0 Å². The zero-order valence-corrected chi connectivity index (χ0v) is 13.2. The largest absolute Gasteiger partial charge is 0.477 e. The molecule has 2 heterocycles. The van der Waals surface area contributed by atoms with E-state index in [-0.39, 0.29) is 17.7 Å². The molecule has 1 unspecified atom stereocenters. The third-order valence-electron chi connectivity index (χ3n) is 3.94. The second-order valence-corrected chi connectivity index (χ2v) is 6.02. The number of ether oxygens (including phenoxy) is 2. The number of rotatable bonds is 4. The van der Waals surface area contributed by atoms with Crippen molar-refractivity contribution in [2.45, 2.75) is 26.3 Å². The van der Waals surface area contributed by atoms with Crippen molar-refractivity contribution in [1.29, 1.82) is 0 Å². The van der Waals surface area contributed by atoms with Gasteiger partial charge in [-0.3, -0.25) is 0 Å². The first kappa shape index (κ1) is 15.0. The van der Waals surface area contributed by atoms with E-state index < -0.39 is 0 Å². The highest BCUT2D eigenvalue weighted by Crippen LogP contribution is 2.39. The number of methoxy groups -OCH3 is 1. The highest BCUT2D eigenvalue weighted by molar-refractivity contribution is 5.67. The molecule has 0 saturated heterocycles. The molecular formula is C17H21FN2O2. The van der Waals surface area contributed by atoms with Crippen molar-refractivity contribution in [2.75, 3.05) is 20.3 Å². The third kappa shape index (κ3) is 2.61. The first-order chi connectivity index (χ1) is 10.6. The average molecular weight is 304 g/mol. The number of nitrogens with zero attached hydrogens (tertiary/aromatic N) is 2. The van der Waals surface area contributed by atoms with E-state index in [1.165, 1.54) is 6.07 Å². The van der Waals surface area contributed by atoms with Crippen LogP contribution in [0.15, 0.2) is 24.3 Å². The van der Waals surface area contributed by atoms with Crippen LogP contribution in [0.25, 0.3) is 11.3 Å². The minimum absolute atomic E-state index is 0.206. The lowest BCUT2D eigenvalue weighted by molar-refractivity contribution is 0.0790. The summed E-state index contributed by atoms with van der Waals surface area (Å²) in [7, 11) is 1.68. The molecule has 0 bridgehead atoms. The molecule has 22 heavy (non-hydrogen) atoms. The van der Waals surface area contributed by atoms with Crippen molar-refractivity contribution >= 4 is 0 Å². The van der Waals surface area contributed by atoms with Crippen LogP contribution in [-0.2, 0) is 11.3 Å². The van der Waals surface area contributed by atoms with E-state index >= 15 is 0 Å². The van der Waals surface area contributed by atoms with Crippen LogP contribution in [0, 0.1) is 11.7 Å². The molecule has 0 saturated carbocycles. The molecule has 0 N–H and O–H groups in total. The van der Waals surface area contributed by atoms with Gasteiger partial charge in [0.1, 0.15) is 11.5 Å². The highest BCUT2D eigenvalue weighted by Gasteiger charge is 2.29. The van der Waals surface area contributed by atoms with Crippen LogP contribution in [0.5, 0.6) is 5.88 Å². The van der Waals surface area contributed by atoms with Crippen LogP contribution in [0.4, 0.5) is 4.39 Å². The second-order valence-electron chi connectivity index (χ2n) is 6.02. The molecule has 118 valence electrons. The number of aromatic nitrogens is 2. The van der Waals surface area contributed by atoms with Crippen molar-refractivity contribution in [3.05, 3.63) is 35.6 Å². The van der Waals surface area contributed by atoms with Gasteiger partial charge < -0.3 is 9.47 Å². The molecule has 1 aliphatic heterocycles. The van der Waals surface area contributed by atoms with Crippen LogP contribution in [0.1, 0.15) is 25.3 Å². The maximum Gasteiger partial charge on any atom is 0.215 e. The Morgan fingerprint density at radius 2 is 2.18 bits per heavy atom. The standard InChI is InChI=1S/C17H21FN2O2/c1-11(2)15-16(13-6-4-5-7-14(13)18)19-20-8-12(9-21-3)10-22-17(15)20/h4-7,11-12H,8-10H2,1-3H3. The summed E-state index contributed by atoms with van der Waals surface area (Å²) < 4.78 is 27.1. The van der Waals surface area contributed by atoms with Crippen LogP contribution >= 0.6 is 0 Å². The summed E-state index contributed by atoms with van der Waals surface area (Å²) in [6.07, 6.45) is 0. The van der Waals surface area contributed by atoms with Crippen LogP contribution in [-0.4, -0.2) is 30.1 Å². The molecule has 0 aliphatic carbocycles. The van der Waals surface area contributed by atoms with Gasteiger partial charge in [-0.15, -0.1) is 0 Å². The van der Waals surface area contributed by atoms with E-state index in [2.05, 4.69) is 18.9 Å². The summed E-state index contributed by atoms with van der Waals surface area (Å²) in [5.74, 6) is 0.983. The number of benzene rings is 1. The van der Waals surface area contributed by atoms with Crippen molar-refractivity contribution in [2.24, 2.45) is 5.92 Å². The molecule has 2 aromatic rings. The van der Waals surface area contributed by atoms with E-state index in [4.69, 9.17) is 9.47 Å². The monoisotopic (exact) mass is 304 g/mol. The lowest BCUT2D eigenvalue weighted by Gasteiger charge is -2.24. The molecule has 1 aliphatic rings. The number of fused-ring (bicyclic) bond motifs is 1. The normalized spacial score (nSPS) is 17.4. The molecular weight excluding hydrogens is 283 g/mol. The van der Waals surface area contributed by atoms with E-state index in [1.54, 1.807) is 19.2 Å². The predicted molar refractivity (Wildman–Crippen MR) is 82.6 cm³/mol. The summed E-state index contributed by atoms with van der Waals surface area (Å²) in [4.78, 5) is 0. The highest BCUT2D eigenvalue weighted by atomic mass is 19.1. The molecule has 4 nitrogen and oxygen atoms in total. The molecule has 1 atom stereocenters. The average Bonchev–Trinajstić information content (AvgIpc) is 2.86. The van der Waals surface area contributed by atoms with Gasteiger partial charge in [-0.1, -0.05) is 26.0 Å². The predicted octanol–water partition coefficient (Wildman–Crippen LogP) is 3.47. The quantitative estimate of drug-likeness (QED) is 0.868. The Balaban J connectivity index is 2.07. The number of hydrogen-bond donors (Lipinski definition) is 0. The topological polar surface area (TPSA) is 36.3 Å². The zero-order valence-electron chi connectivity index (χ0n) is 13.2. The Bertz CT molecular complexity index is 667. The van der Waals surface area contributed by atoms with Gasteiger partial charge in [0.15, 0.2) is 0 Å². The van der Waals surface area contributed by atoms with Crippen LogP contribution in [0.2, 0.25) is 0 Å². The Hall–Kier alpha value is -1.88. The van der Waals surface area contributed by atoms with Crippen molar-refractivity contribution in [3.63, 3.8) is 0 Å². The first-order valence-corrected chi connectivity index (χ1v) is 7.59. The third-order valence-corrected chi connectivity index (χ3v) is 3.94. The molecule has 1 aromatic heterocycles. The maximum atomic E-state index is 14.2. The summed E-state index contributed by atoms with van der Waals surface area (Å²) >= 11 is 0. The molecule has 5 heteroatoms. The summed E-state index contributed by atoms with van der Waals surface area (Å²) in [6.45, 7) is 6.12. The van der Waals surface area contributed by atoms with Gasteiger partial charge in [-0.05, 0) is 18.1 Å². The van der Waals surface area contributed by atoms with E-state index in [9.17, 15) is 4.39 Å². The van der Waals surface area contributed by atoms with Crippen LogP contribution < -0.4 is 4.74 Å². The number of halogens is 1. The SMILES string of the molecule is COCC1COc2c(C(C)C)c(-c3ccccc3F)nn2C1. The lowest BCUT2D eigenvalue weighted by Crippen LogP contribution is -2.29. The second kappa shape index (κ2) is 6.08. The lowest BCUT2D eigenvalue weighted by atomic mass is 9.98. The smallest absolute Gasteiger partial charge is 0.215 e. The van der Waals surface area contributed by atoms with Gasteiger partial charge in [0, 0.05) is 24.2 Å². The number of hydrogen-bond acceptors (Lipinski definition) is 3. The van der Waals surface area contributed by atoms with Crippen molar-refractivity contribution in [1.82, 2.24) is 9.78 Å². The molecule has 3 rings (SSSR count). The Labute approximate surface area is 129 Å². The Morgan fingerprint density at radius 1 is 1.41 bits per heavy atom. The van der Waals surface area contributed by atoms with E-state index in [1.807, 2.05) is 10.7 Å². The summed E-state index contributed by atoms with van der Waals surface area (Å²) in [5.41, 5.74) is 2.18. The summed E-state index contributed by atoms with van der Waals surface area (Å²) in [5, 5.41) is 4.63. The maximum absolute atomic E-state index is 14.2. The molecule has 0 amide bonds. The molecule has 1 aromatic carbocycles. The van der Waals surface area contributed by atoms with Gasteiger partial charge in [0.05, 0.1) is 19.8 Å². The molecule has 0 radical (unpaired) electrons. The first-order valence-electron chi connectivity index (χ1n) is 7.59. The molecule has 0 fully saturated rings. The zero-order chi connectivity index (χ0) is 15.7. The van der Waals surface area contributed by atoms with Gasteiger partial charge >= 0.3 is 0 Å². The Morgan fingerprint density at radius 3 is 2.86 bits per heavy atom. The van der Waals surface area contributed by atoms with Gasteiger partial charge in [-0.2, -0.15) is 5.10 Å². The van der Waals surface area contributed by atoms with Gasteiger partial charge in [0.25, 0.3) is 0 Å². The fourth-order valence-corrected chi connectivity index (χ4v) is 2.94. The summed E-state index contributed by atoms with van der Waals surface area (Å²) in [6, 6.07) is 6.75. The van der Waals surface area contributed by atoms with E-state index in [0.29, 0.717) is 24.5 Å². The molecule has 0 spiro atoms. The van der Waals surface area contributed by atoms with Crippen molar-refractivity contribution < 1.29 is 13.9 Å².